The third-order valence-electron chi connectivity index (χ3n) is 3.29. The Hall–Kier alpha value is 0.300. The van der Waals surface area contributed by atoms with E-state index in [0.717, 1.165) is 19.3 Å². The average Bonchev–Trinajstić information content (AvgIpc) is 2.50. The fourth-order valence-electron chi connectivity index (χ4n) is 1.97. The van der Waals surface area contributed by atoms with Gasteiger partial charge >= 0.3 is 16.4 Å². The summed E-state index contributed by atoms with van der Waals surface area (Å²) in [5.41, 5.74) is 0. The molecular weight excluding hydrogens is 347 g/mol. The minimum atomic E-state index is -4.47. The van der Waals surface area contributed by atoms with E-state index in [1.165, 1.54) is 32.1 Å². The van der Waals surface area contributed by atoms with Gasteiger partial charge in [0.15, 0.2) is 0 Å². The van der Waals surface area contributed by atoms with Crippen LogP contribution in [0.4, 0.5) is 0 Å². The third kappa shape index (κ3) is 17.1. The molecule has 0 saturated heterocycles. The van der Waals surface area contributed by atoms with Gasteiger partial charge in [-0.1, -0.05) is 58.3 Å². The van der Waals surface area contributed by atoms with E-state index in [2.05, 4.69) is 15.3 Å². The largest absolute Gasteiger partial charge is 0.451 e. The molecule has 2 N–H and O–H groups in total. The summed E-state index contributed by atoms with van der Waals surface area (Å²) < 4.78 is 31.0. The third-order valence-corrected chi connectivity index (χ3v) is 4.11. The average molecular weight is 377 g/mol. The van der Waals surface area contributed by atoms with E-state index < -0.39 is 35.7 Å². The molecule has 0 aliphatic rings. The second kappa shape index (κ2) is 16.8. The fraction of sp³-hybridized carbons (Fsp3) is 0.933. The molecule has 0 bridgehead atoms. The van der Waals surface area contributed by atoms with E-state index >= 15 is 0 Å². The van der Waals surface area contributed by atoms with Gasteiger partial charge < -0.3 is 14.4 Å². The van der Waals surface area contributed by atoms with Crippen LogP contribution in [0, 0.1) is 0 Å². The molecule has 1 radical (unpaired) electrons. The summed E-state index contributed by atoms with van der Waals surface area (Å²) >= 11 is 0. The van der Waals surface area contributed by atoms with Crippen LogP contribution in [0.3, 0.4) is 0 Å². The van der Waals surface area contributed by atoms with Crippen molar-refractivity contribution in [2.24, 2.45) is 0 Å². The maximum absolute atomic E-state index is 11.4. The van der Waals surface area contributed by atoms with E-state index in [0.29, 0.717) is 6.42 Å². The van der Waals surface area contributed by atoms with Crippen LogP contribution in [0.25, 0.3) is 0 Å². The van der Waals surface area contributed by atoms with Crippen LogP contribution in [0.2, 0.25) is 0 Å². The van der Waals surface area contributed by atoms with Crippen molar-refractivity contribution < 1.29 is 31.8 Å². The number of hydrogen-bond acceptors (Lipinski definition) is 7. The Morgan fingerprint density at radius 3 is 2.00 bits per heavy atom. The van der Waals surface area contributed by atoms with Crippen molar-refractivity contribution in [2.75, 3.05) is 13.2 Å². The number of rotatable bonds is 15. The SMILES string of the molecule is CCCCCCCCCCCC(=O)OS(=O)(=O)OCC(O)CO.[Na]. The first-order valence-electron chi connectivity index (χ1n) is 8.32. The molecule has 0 aliphatic heterocycles. The molecule has 0 aromatic rings. The van der Waals surface area contributed by atoms with Gasteiger partial charge in [-0.2, -0.15) is 8.42 Å². The zero-order chi connectivity index (χ0) is 17.6. The quantitative estimate of drug-likeness (QED) is 0.330. The number of aliphatic hydroxyl groups is 2. The molecule has 0 aliphatic carbocycles. The predicted molar refractivity (Wildman–Crippen MR) is 91.7 cm³/mol. The van der Waals surface area contributed by atoms with Crippen LogP contribution in [-0.2, 0) is 23.6 Å². The maximum Gasteiger partial charge on any atom is 0.451 e. The summed E-state index contributed by atoms with van der Waals surface area (Å²) in [5, 5.41) is 17.5. The van der Waals surface area contributed by atoms with Crippen molar-refractivity contribution in [2.45, 2.75) is 77.2 Å². The Labute approximate surface area is 167 Å². The Kier molecular flexibility index (Phi) is 18.5. The Morgan fingerprint density at radius 1 is 1.00 bits per heavy atom. The van der Waals surface area contributed by atoms with Crippen LogP contribution in [0.1, 0.15) is 71.1 Å². The van der Waals surface area contributed by atoms with Crippen molar-refractivity contribution in [3.63, 3.8) is 0 Å². The summed E-state index contributed by atoms with van der Waals surface area (Å²) in [6.07, 6.45) is 8.46. The second-order valence-corrected chi connectivity index (χ2v) is 6.78. The Balaban J connectivity index is 0. The number of unbranched alkanes of at least 4 members (excludes halogenated alkanes) is 8. The van der Waals surface area contributed by atoms with Gasteiger partial charge in [0.2, 0.25) is 0 Å². The van der Waals surface area contributed by atoms with Gasteiger partial charge in [-0.25, -0.2) is 4.18 Å². The van der Waals surface area contributed by atoms with Crippen LogP contribution in [-0.4, -0.2) is 73.5 Å². The molecule has 0 saturated carbocycles. The topological polar surface area (TPSA) is 110 Å². The number of carbonyl (C=O) groups excluding carboxylic acids is 1. The Bertz CT molecular complexity index is 401. The summed E-state index contributed by atoms with van der Waals surface area (Å²) in [4.78, 5) is 11.4. The second-order valence-electron chi connectivity index (χ2n) is 5.56. The molecule has 0 aromatic carbocycles. The molecule has 1 atom stereocenters. The Morgan fingerprint density at radius 2 is 1.50 bits per heavy atom. The van der Waals surface area contributed by atoms with E-state index in [-0.39, 0.29) is 36.0 Å². The number of aliphatic hydroxyl groups excluding tert-OH is 2. The van der Waals surface area contributed by atoms with Gasteiger partial charge in [-0.3, -0.25) is 4.79 Å². The van der Waals surface area contributed by atoms with Gasteiger partial charge in [-0.15, -0.1) is 0 Å². The number of carbonyl (C=O) groups is 1. The van der Waals surface area contributed by atoms with E-state index in [1.807, 2.05) is 0 Å². The van der Waals surface area contributed by atoms with Crippen LogP contribution in [0.15, 0.2) is 0 Å². The first kappa shape index (κ1) is 26.5. The van der Waals surface area contributed by atoms with Crippen molar-refractivity contribution in [1.29, 1.82) is 0 Å². The van der Waals surface area contributed by atoms with E-state index in [9.17, 15) is 13.2 Å². The molecule has 0 amide bonds. The molecule has 0 spiro atoms. The minimum absolute atomic E-state index is 0. The zero-order valence-corrected chi connectivity index (χ0v) is 17.7. The molecule has 139 valence electrons. The summed E-state index contributed by atoms with van der Waals surface area (Å²) in [6, 6.07) is 0. The molecule has 0 rings (SSSR count). The van der Waals surface area contributed by atoms with Crippen LogP contribution in [0.5, 0.6) is 0 Å². The molecule has 1 unspecified atom stereocenters. The normalized spacial score (nSPS) is 12.5. The van der Waals surface area contributed by atoms with Crippen molar-refractivity contribution in [3.05, 3.63) is 0 Å². The molecule has 24 heavy (non-hydrogen) atoms. The van der Waals surface area contributed by atoms with Gasteiger partial charge in [-0.05, 0) is 6.42 Å². The maximum atomic E-state index is 11.4. The summed E-state index contributed by atoms with van der Waals surface area (Å²) in [5.74, 6) is -0.869. The van der Waals surface area contributed by atoms with Gasteiger partial charge in [0.05, 0.1) is 13.2 Å². The fourth-order valence-corrected chi connectivity index (χ4v) is 2.66. The molecule has 7 nitrogen and oxygen atoms in total. The summed E-state index contributed by atoms with van der Waals surface area (Å²) in [6.45, 7) is 0.894. The predicted octanol–water partition coefficient (Wildman–Crippen LogP) is 1.68. The summed E-state index contributed by atoms with van der Waals surface area (Å²) in [7, 11) is -4.47. The van der Waals surface area contributed by atoms with Gasteiger partial charge in [0.25, 0.3) is 0 Å². The zero-order valence-electron chi connectivity index (χ0n) is 14.9. The first-order valence-corrected chi connectivity index (χ1v) is 9.65. The standard InChI is InChI=1S/C15H30O7S.Na/c1-2-3-4-5-6-7-8-9-10-11-15(18)22-23(19,20)21-13-14(17)12-16;/h14,16-17H,2-13H2,1H3;. The monoisotopic (exact) mass is 377 g/mol. The molecule has 0 aromatic heterocycles. The van der Waals surface area contributed by atoms with Crippen LogP contribution < -0.4 is 0 Å². The van der Waals surface area contributed by atoms with E-state index in [4.69, 9.17) is 10.2 Å². The van der Waals surface area contributed by atoms with Crippen LogP contribution >= 0.6 is 0 Å². The smallest absolute Gasteiger partial charge is 0.394 e. The molecule has 0 heterocycles. The van der Waals surface area contributed by atoms with Crippen molar-refractivity contribution >= 4 is 45.9 Å². The van der Waals surface area contributed by atoms with Crippen molar-refractivity contribution in [3.8, 4) is 0 Å². The minimum Gasteiger partial charge on any atom is -0.394 e. The molecular formula is C15H30NaO7S. The molecule has 9 heteroatoms. The number of hydrogen-bond donors (Lipinski definition) is 2. The van der Waals surface area contributed by atoms with Gasteiger partial charge in [0.1, 0.15) is 6.10 Å². The van der Waals surface area contributed by atoms with Gasteiger partial charge in [0, 0.05) is 36.0 Å². The molecule has 0 fully saturated rings. The van der Waals surface area contributed by atoms with E-state index in [1.54, 1.807) is 0 Å². The van der Waals surface area contributed by atoms with Crippen molar-refractivity contribution in [1.82, 2.24) is 0 Å². The first-order chi connectivity index (χ1) is 10.9.